The highest BCUT2D eigenvalue weighted by Crippen LogP contribution is 2.28. The molecule has 0 saturated carbocycles. The Bertz CT molecular complexity index is 1270. The minimum Gasteiger partial charge on any atom is -0.283 e. The van der Waals surface area contributed by atoms with Crippen molar-refractivity contribution in [3.63, 3.8) is 0 Å². The van der Waals surface area contributed by atoms with Crippen LogP contribution < -0.4 is 5.56 Å². The first-order chi connectivity index (χ1) is 12.0. The first-order valence-electron chi connectivity index (χ1n) is 7.84. The second-order valence-electron chi connectivity index (χ2n) is 5.95. The van der Waals surface area contributed by atoms with E-state index in [1.165, 1.54) is 4.40 Å². The van der Waals surface area contributed by atoms with Crippen LogP contribution in [0.5, 0.6) is 0 Å². The van der Waals surface area contributed by atoms with Crippen molar-refractivity contribution in [1.29, 1.82) is 0 Å². The van der Waals surface area contributed by atoms with Crippen LogP contribution in [0.2, 0.25) is 0 Å². The van der Waals surface area contributed by atoms with Gasteiger partial charge in [0.2, 0.25) is 9.84 Å². The molecule has 0 atom stereocenters. The van der Waals surface area contributed by atoms with Gasteiger partial charge < -0.3 is 0 Å². The van der Waals surface area contributed by atoms with Gasteiger partial charge in [-0.15, -0.1) is 0 Å². The maximum Gasteiger partial charge on any atom is 0.274 e. The Kier molecular flexibility index (Phi) is 3.47. The van der Waals surface area contributed by atoms with Crippen LogP contribution >= 0.6 is 0 Å². The van der Waals surface area contributed by atoms with Gasteiger partial charge in [0.1, 0.15) is 4.90 Å². The van der Waals surface area contributed by atoms with Crippen molar-refractivity contribution in [2.75, 3.05) is 0 Å². The zero-order valence-electron chi connectivity index (χ0n) is 13.5. The Hall–Kier alpha value is -2.92. The van der Waals surface area contributed by atoms with Crippen LogP contribution in [0.15, 0.2) is 87.5 Å². The molecule has 124 valence electrons. The number of aromatic nitrogens is 1. The molecule has 0 saturated heterocycles. The van der Waals surface area contributed by atoms with Crippen LogP contribution in [0.3, 0.4) is 0 Å². The van der Waals surface area contributed by atoms with Gasteiger partial charge in [-0.3, -0.25) is 9.20 Å². The van der Waals surface area contributed by atoms with Crippen LogP contribution in [0.25, 0.3) is 16.3 Å². The zero-order chi connectivity index (χ0) is 17.6. The molecule has 25 heavy (non-hydrogen) atoms. The fourth-order valence-electron chi connectivity index (χ4n) is 3.06. The molecule has 4 aromatic rings. The Morgan fingerprint density at radius 2 is 1.44 bits per heavy atom. The average Bonchev–Trinajstić information content (AvgIpc) is 2.62. The van der Waals surface area contributed by atoms with Gasteiger partial charge in [0, 0.05) is 17.0 Å². The normalized spacial score (nSPS) is 11.9. The van der Waals surface area contributed by atoms with Gasteiger partial charge in [-0.05, 0) is 31.2 Å². The third kappa shape index (κ3) is 2.36. The second kappa shape index (κ2) is 5.57. The number of sulfone groups is 1. The summed E-state index contributed by atoms with van der Waals surface area (Å²) in [6, 6.07) is 19.0. The quantitative estimate of drug-likeness (QED) is 0.520. The van der Waals surface area contributed by atoms with Crippen molar-refractivity contribution in [1.82, 2.24) is 4.40 Å². The third-order valence-electron chi connectivity index (χ3n) is 4.32. The molecule has 0 aliphatic heterocycles. The Morgan fingerprint density at radius 3 is 2.16 bits per heavy atom. The lowest BCUT2D eigenvalue weighted by atomic mass is 10.1. The predicted octanol–water partition coefficient (Wildman–Crippen LogP) is 3.59. The first-order valence-corrected chi connectivity index (χ1v) is 9.32. The van der Waals surface area contributed by atoms with Crippen molar-refractivity contribution in [2.45, 2.75) is 16.7 Å². The van der Waals surface area contributed by atoms with Gasteiger partial charge in [0.05, 0.1) is 10.4 Å². The molecule has 5 heteroatoms. The minimum absolute atomic E-state index is 0.122. The lowest BCUT2D eigenvalue weighted by molar-refractivity contribution is 0.595. The molecule has 2 heterocycles. The molecule has 2 aromatic carbocycles. The van der Waals surface area contributed by atoms with E-state index in [4.69, 9.17) is 0 Å². The molecule has 0 amide bonds. The van der Waals surface area contributed by atoms with E-state index in [2.05, 4.69) is 0 Å². The van der Waals surface area contributed by atoms with Gasteiger partial charge in [0.25, 0.3) is 5.56 Å². The molecule has 0 N–H and O–H groups in total. The van der Waals surface area contributed by atoms with E-state index in [1.807, 2.05) is 31.2 Å². The fourth-order valence-corrected chi connectivity index (χ4v) is 4.59. The number of pyridine rings is 2. The predicted molar refractivity (Wildman–Crippen MR) is 97.8 cm³/mol. The molecule has 2 aromatic heterocycles. The summed E-state index contributed by atoms with van der Waals surface area (Å²) < 4.78 is 27.8. The molecule has 0 spiro atoms. The van der Waals surface area contributed by atoms with E-state index in [9.17, 15) is 13.2 Å². The summed E-state index contributed by atoms with van der Waals surface area (Å²) >= 11 is 0. The van der Waals surface area contributed by atoms with Crippen molar-refractivity contribution >= 4 is 26.1 Å². The summed E-state index contributed by atoms with van der Waals surface area (Å²) in [7, 11) is -3.94. The highest BCUT2D eigenvalue weighted by atomic mass is 32.2. The third-order valence-corrected chi connectivity index (χ3v) is 6.15. The van der Waals surface area contributed by atoms with Gasteiger partial charge >= 0.3 is 0 Å². The second-order valence-corrected chi connectivity index (χ2v) is 7.84. The highest BCUT2D eigenvalue weighted by Gasteiger charge is 2.25. The van der Waals surface area contributed by atoms with Gasteiger partial charge in [0.15, 0.2) is 0 Å². The molecule has 4 nitrogen and oxygen atoms in total. The van der Waals surface area contributed by atoms with Crippen LogP contribution in [-0.2, 0) is 9.84 Å². The average molecular weight is 349 g/mol. The summed E-state index contributed by atoms with van der Waals surface area (Å²) in [6.07, 6.45) is 1.60. The number of fused-ring (bicyclic) bond motifs is 3. The van der Waals surface area contributed by atoms with Crippen molar-refractivity contribution in [2.24, 2.45) is 0 Å². The molecule has 0 bridgehead atoms. The van der Waals surface area contributed by atoms with Gasteiger partial charge in [-0.1, -0.05) is 48.0 Å². The minimum atomic E-state index is -3.94. The SMILES string of the molecule is Cc1ccc(S(=O)(=O)c2c(=O)n3ccccc3c3ccccc23)cc1. The lowest BCUT2D eigenvalue weighted by Crippen LogP contribution is -2.22. The van der Waals surface area contributed by atoms with Crippen molar-refractivity contribution in [3.8, 4) is 0 Å². The molecule has 0 aliphatic carbocycles. The number of hydrogen-bond donors (Lipinski definition) is 0. The molecular weight excluding hydrogens is 334 g/mol. The number of aryl methyl sites for hydroxylation is 1. The fraction of sp³-hybridized carbons (Fsp3) is 0.0500. The zero-order valence-corrected chi connectivity index (χ0v) is 14.3. The van der Waals surface area contributed by atoms with Crippen LogP contribution in [0, 0.1) is 6.92 Å². The van der Waals surface area contributed by atoms with Crippen LogP contribution in [-0.4, -0.2) is 12.8 Å². The summed E-state index contributed by atoms with van der Waals surface area (Å²) in [5, 5.41) is 1.17. The largest absolute Gasteiger partial charge is 0.283 e. The van der Waals surface area contributed by atoms with Crippen LogP contribution in [0.4, 0.5) is 0 Å². The maximum atomic E-state index is 13.2. The Morgan fingerprint density at radius 1 is 0.800 bits per heavy atom. The van der Waals surface area contributed by atoms with Gasteiger partial charge in [-0.2, -0.15) is 0 Å². The van der Waals surface area contributed by atoms with Gasteiger partial charge in [-0.25, -0.2) is 8.42 Å². The molecule has 0 unspecified atom stereocenters. The van der Waals surface area contributed by atoms with Crippen molar-refractivity contribution < 1.29 is 8.42 Å². The summed E-state index contributed by atoms with van der Waals surface area (Å²) in [6.45, 7) is 1.89. The molecular formula is C20H15NO3S. The van der Waals surface area contributed by atoms with E-state index in [1.54, 1.807) is 48.7 Å². The summed E-state index contributed by atoms with van der Waals surface area (Å²) in [5.41, 5.74) is 1.11. The number of rotatable bonds is 2. The smallest absolute Gasteiger partial charge is 0.274 e. The monoisotopic (exact) mass is 349 g/mol. The highest BCUT2D eigenvalue weighted by molar-refractivity contribution is 7.91. The Balaban J connectivity index is 2.19. The first kappa shape index (κ1) is 15.6. The maximum absolute atomic E-state index is 13.2. The summed E-state index contributed by atoms with van der Waals surface area (Å²) in [4.78, 5) is 13.0. The van der Waals surface area contributed by atoms with E-state index >= 15 is 0 Å². The van der Waals surface area contributed by atoms with Crippen LogP contribution in [0.1, 0.15) is 5.56 Å². The topological polar surface area (TPSA) is 55.6 Å². The molecule has 0 fully saturated rings. The summed E-state index contributed by atoms with van der Waals surface area (Å²) in [5.74, 6) is 0. The van der Waals surface area contributed by atoms with Crippen molar-refractivity contribution in [3.05, 3.63) is 88.8 Å². The van der Waals surface area contributed by atoms with E-state index < -0.39 is 15.4 Å². The number of hydrogen-bond acceptors (Lipinski definition) is 3. The lowest BCUT2D eigenvalue weighted by Gasteiger charge is -2.11. The standard InChI is InChI=1S/C20H15NO3S/c1-14-9-11-15(12-10-14)25(23,24)19-17-7-3-2-6-16(17)18-8-4-5-13-21(18)20(19)22/h2-13H,1H3. The molecule has 0 radical (unpaired) electrons. The van der Waals surface area contributed by atoms with E-state index in [0.29, 0.717) is 10.9 Å². The number of benzene rings is 2. The van der Waals surface area contributed by atoms with E-state index in [-0.39, 0.29) is 9.79 Å². The van der Waals surface area contributed by atoms with E-state index in [0.717, 1.165) is 10.9 Å². The number of nitrogens with zero attached hydrogens (tertiary/aromatic N) is 1. The Labute approximate surface area is 144 Å². The molecule has 4 rings (SSSR count). The molecule has 0 aliphatic rings.